The van der Waals surface area contributed by atoms with Gasteiger partial charge in [0.05, 0.1) is 5.69 Å². The van der Waals surface area contributed by atoms with Crippen LogP contribution in [-0.2, 0) is 12.0 Å². The quantitative estimate of drug-likeness (QED) is 0.803. The predicted molar refractivity (Wildman–Crippen MR) is 79.8 cm³/mol. The van der Waals surface area contributed by atoms with Crippen LogP contribution < -0.4 is 5.73 Å². The standard InChI is InChI=1S/C14H14ClN3S/c1-14(16,11-4-2-3-5-12(11)15)8-10-9-18-6-7-19-13(18)17-10/h2-7,9H,8,16H2,1H3. The summed E-state index contributed by atoms with van der Waals surface area (Å²) < 4.78 is 2.02. The average Bonchev–Trinajstić information content (AvgIpc) is 2.89. The number of imidazole rings is 1. The smallest absolute Gasteiger partial charge is 0.193 e. The number of thiazole rings is 1. The molecule has 2 N–H and O–H groups in total. The average molecular weight is 292 g/mol. The number of halogens is 1. The molecule has 3 aromatic rings. The summed E-state index contributed by atoms with van der Waals surface area (Å²) in [7, 11) is 0. The van der Waals surface area contributed by atoms with Crippen LogP contribution in [0.3, 0.4) is 0 Å². The number of aromatic nitrogens is 2. The summed E-state index contributed by atoms with van der Waals surface area (Å²) in [5.74, 6) is 0. The van der Waals surface area contributed by atoms with Crippen molar-refractivity contribution in [3.63, 3.8) is 0 Å². The van der Waals surface area contributed by atoms with E-state index in [-0.39, 0.29) is 0 Å². The SMILES string of the molecule is CC(N)(Cc1cn2ccsc2n1)c1ccccc1Cl. The van der Waals surface area contributed by atoms with E-state index in [1.165, 1.54) is 0 Å². The van der Waals surface area contributed by atoms with E-state index in [2.05, 4.69) is 4.98 Å². The fourth-order valence-electron chi connectivity index (χ4n) is 2.26. The molecule has 0 amide bonds. The minimum Gasteiger partial charge on any atom is -0.321 e. The zero-order valence-corrected chi connectivity index (χ0v) is 12.1. The number of fused-ring (bicyclic) bond motifs is 1. The van der Waals surface area contributed by atoms with Crippen LogP contribution in [0.4, 0.5) is 0 Å². The second-order valence-electron chi connectivity index (χ2n) is 4.90. The molecule has 0 radical (unpaired) electrons. The van der Waals surface area contributed by atoms with Gasteiger partial charge in [0, 0.05) is 34.8 Å². The van der Waals surface area contributed by atoms with Crippen LogP contribution in [0.25, 0.3) is 4.96 Å². The molecule has 5 heteroatoms. The van der Waals surface area contributed by atoms with Crippen LogP contribution in [0, 0.1) is 0 Å². The molecule has 1 atom stereocenters. The molecule has 0 saturated carbocycles. The second-order valence-corrected chi connectivity index (χ2v) is 6.18. The zero-order valence-electron chi connectivity index (χ0n) is 10.5. The zero-order chi connectivity index (χ0) is 13.5. The fraction of sp³-hybridized carbons (Fsp3) is 0.214. The summed E-state index contributed by atoms with van der Waals surface area (Å²) in [5.41, 5.74) is 7.84. The Morgan fingerprint density at radius 3 is 2.95 bits per heavy atom. The van der Waals surface area contributed by atoms with E-state index in [9.17, 15) is 0 Å². The third kappa shape index (κ3) is 2.39. The highest BCUT2D eigenvalue weighted by atomic mass is 35.5. The first kappa shape index (κ1) is 12.7. The van der Waals surface area contributed by atoms with Gasteiger partial charge in [0.25, 0.3) is 0 Å². The lowest BCUT2D eigenvalue weighted by Crippen LogP contribution is -2.35. The highest BCUT2D eigenvalue weighted by Gasteiger charge is 2.25. The molecule has 0 aliphatic rings. The van der Waals surface area contributed by atoms with Gasteiger partial charge < -0.3 is 5.73 Å². The van der Waals surface area contributed by atoms with E-state index < -0.39 is 5.54 Å². The normalized spacial score (nSPS) is 14.7. The Hall–Kier alpha value is -1.36. The van der Waals surface area contributed by atoms with E-state index in [1.54, 1.807) is 11.3 Å². The summed E-state index contributed by atoms with van der Waals surface area (Å²) >= 11 is 7.85. The first-order valence-corrected chi connectivity index (χ1v) is 7.27. The molecule has 0 aliphatic carbocycles. The lowest BCUT2D eigenvalue weighted by atomic mass is 9.88. The largest absolute Gasteiger partial charge is 0.321 e. The van der Waals surface area contributed by atoms with Gasteiger partial charge in [-0.05, 0) is 18.6 Å². The van der Waals surface area contributed by atoms with E-state index in [0.29, 0.717) is 11.4 Å². The topological polar surface area (TPSA) is 43.3 Å². The van der Waals surface area contributed by atoms with Crippen molar-refractivity contribution in [1.82, 2.24) is 9.38 Å². The van der Waals surface area contributed by atoms with Crippen LogP contribution in [-0.4, -0.2) is 9.38 Å². The van der Waals surface area contributed by atoms with Crippen molar-refractivity contribution in [2.75, 3.05) is 0 Å². The molecule has 0 aliphatic heterocycles. The molecule has 2 heterocycles. The van der Waals surface area contributed by atoms with Crippen LogP contribution in [0.15, 0.2) is 42.0 Å². The highest BCUT2D eigenvalue weighted by molar-refractivity contribution is 7.15. The molecule has 3 rings (SSSR count). The Morgan fingerprint density at radius 1 is 1.42 bits per heavy atom. The summed E-state index contributed by atoms with van der Waals surface area (Å²) in [5, 5.41) is 2.72. The number of nitrogens with zero attached hydrogens (tertiary/aromatic N) is 2. The minimum absolute atomic E-state index is 0.525. The Balaban J connectivity index is 1.93. The molecule has 19 heavy (non-hydrogen) atoms. The molecular weight excluding hydrogens is 278 g/mol. The third-order valence-corrected chi connectivity index (χ3v) is 4.28. The minimum atomic E-state index is -0.525. The fourth-order valence-corrected chi connectivity index (χ4v) is 3.33. The number of nitrogens with two attached hydrogens (primary N) is 1. The van der Waals surface area contributed by atoms with E-state index in [1.807, 2.05) is 53.4 Å². The van der Waals surface area contributed by atoms with Crippen LogP contribution in [0.2, 0.25) is 5.02 Å². The molecule has 98 valence electrons. The maximum atomic E-state index is 6.43. The van der Waals surface area contributed by atoms with Crippen LogP contribution in [0.5, 0.6) is 0 Å². The number of rotatable bonds is 3. The van der Waals surface area contributed by atoms with Gasteiger partial charge in [-0.1, -0.05) is 29.8 Å². The number of hydrogen-bond donors (Lipinski definition) is 1. The Kier molecular flexibility index (Phi) is 3.09. The van der Waals surface area contributed by atoms with Crippen molar-refractivity contribution < 1.29 is 0 Å². The second kappa shape index (κ2) is 4.63. The summed E-state index contributed by atoms with van der Waals surface area (Å²) in [6.07, 6.45) is 4.68. The maximum absolute atomic E-state index is 6.43. The van der Waals surface area contributed by atoms with Crippen molar-refractivity contribution in [1.29, 1.82) is 0 Å². The monoisotopic (exact) mass is 291 g/mol. The van der Waals surface area contributed by atoms with Gasteiger partial charge in [-0.2, -0.15) is 0 Å². The Labute approximate surface area is 120 Å². The van der Waals surface area contributed by atoms with Crippen LogP contribution in [0.1, 0.15) is 18.2 Å². The summed E-state index contributed by atoms with van der Waals surface area (Å²) in [6.45, 7) is 1.99. The summed E-state index contributed by atoms with van der Waals surface area (Å²) in [6, 6.07) is 7.71. The van der Waals surface area contributed by atoms with Crippen LogP contribution >= 0.6 is 22.9 Å². The number of hydrogen-bond acceptors (Lipinski definition) is 3. The molecule has 2 aromatic heterocycles. The lowest BCUT2D eigenvalue weighted by molar-refractivity contribution is 0.486. The molecule has 0 fully saturated rings. The van der Waals surface area contributed by atoms with Gasteiger partial charge in [-0.3, -0.25) is 4.40 Å². The number of benzene rings is 1. The summed E-state index contributed by atoms with van der Waals surface area (Å²) in [4.78, 5) is 5.56. The predicted octanol–water partition coefficient (Wildman–Crippen LogP) is 3.47. The Bertz CT molecular complexity index is 686. The first-order chi connectivity index (χ1) is 9.06. The molecule has 1 unspecified atom stereocenters. The molecule has 1 aromatic carbocycles. The van der Waals surface area contributed by atoms with Gasteiger partial charge in [0.1, 0.15) is 0 Å². The molecule has 0 bridgehead atoms. The lowest BCUT2D eigenvalue weighted by Gasteiger charge is -2.25. The van der Waals surface area contributed by atoms with Crippen molar-refractivity contribution in [2.45, 2.75) is 18.9 Å². The van der Waals surface area contributed by atoms with Gasteiger partial charge in [-0.25, -0.2) is 4.98 Å². The molecule has 0 saturated heterocycles. The van der Waals surface area contributed by atoms with Crippen molar-refractivity contribution >= 4 is 27.9 Å². The first-order valence-electron chi connectivity index (χ1n) is 6.01. The van der Waals surface area contributed by atoms with Crippen molar-refractivity contribution in [2.24, 2.45) is 5.73 Å². The van der Waals surface area contributed by atoms with Gasteiger partial charge in [-0.15, -0.1) is 11.3 Å². The van der Waals surface area contributed by atoms with E-state index >= 15 is 0 Å². The highest BCUT2D eigenvalue weighted by Crippen LogP contribution is 2.29. The van der Waals surface area contributed by atoms with E-state index in [0.717, 1.165) is 16.2 Å². The molecule has 3 nitrogen and oxygen atoms in total. The van der Waals surface area contributed by atoms with Gasteiger partial charge >= 0.3 is 0 Å². The van der Waals surface area contributed by atoms with E-state index in [4.69, 9.17) is 17.3 Å². The third-order valence-electron chi connectivity index (χ3n) is 3.18. The maximum Gasteiger partial charge on any atom is 0.193 e. The van der Waals surface area contributed by atoms with Crippen molar-refractivity contribution in [3.05, 3.63) is 58.3 Å². The Morgan fingerprint density at radius 2 is 2.21 bits per heavy atom. The molecule has 0 spiro atoms. The van der Waals surface area contributed by atoms with Gasteiger partial charge in [0.15, 0.2) is 4.96 Å². The van der Waals surface area contributed by atoms with Crippen molar-refractivity contribution in [3.8, 4) is 0 Å². The molecular formula is C14H14ClN3S. The van der Waals surface area contributed by atoms with Gasteiger partial charge in [0.2, 0.25) is 0 Å².